The number of furan rings is 1. The van der Waals surface area contributed by atoms with Crippen molar-refractivity contribution in [3.05, 3.63) is 83.1 Å². The molecule has 0 amide bonds. The Bertz CT molecular complexity index is 1030. The van der Waals surface area contributed by atoms with E-state index in [-0.39, 0.29) is 18.2 Å². The average molecular weight is 491 g/mol. The third-order valence-electron chi connectivity index (χ3n) is 5.65. The van der Waals surface area contributed by atoms with Gasteiger partial charge in [-0.1, -0.05) is 25.0 Å². The summed E-state index contributed by atoms with van der Waals surface area (Å²) in [5.41, 5.74) is 3.51. The molecule has 1 atom stereocenters. The maximum Gasteiger partial charge on any atom is 0.694 e. The molecule has 0 saturated carbocycles. The monoisotopic (exact) mass is 490 g/mol. The summed E-state index contributed by atoms with van der Waals surface area (Å²) in [4.78, 5) is 8.63. The van der Waals surface area contributed by atoms with E-state index in [0.717, 1.165) is 55.2 Å². The normalized spacial score (nSPS) is 11.7. The highest BCUT2D eigenvalue weighted by Crippen LogP contribution is 2.29. The molecule has 3 aromatic rings. The van der Waals surface area contributed by atoms with E-state index in [1.54, 1.807) is 12.3 Å². The molecule has 1 aromatic heterocycles. The van der Waals surface area contributed by atoms with Crippen molar-refractivity contribution < 1.29 is 27.2 Å². The fourth-order valence-corrected chi connectivity index (χ4v) is 4.16. The second kappa shape index (κ2) is 14.1. The molecule has 1 unspecified atom stereocenters. The third kappa shape index (κ3) is 8.73. The van der Waals surface area contributed by atoms with Gasteiger partial charge >= 0.3 is 8.25 Å². The van der Waals surface area contributed by atoms with Crippen molar-refractivity contribution in [3.8, 4) is 11.3 Å². The molecule has 0 aliphatic heterocycles. The quantitative estimate of drug-likeness (QED) is 0.183. The van der Waals surface area contributed by atoms with Crippen molar-refractivity contribution >= 4 is 8.25 Å². The van der Waals surface area contributed by atoms with Crippen LogP contribution in [-0.4, -0.2) is 18.0 Å². The fraction of sp³-hybridized carbons (Fsp3) is 0.385. The van der Waals surface area contributed by atoms with Crippen molar-refractivity contribution in [2.75, 3.05) is 13.2 Å². The minimum Gasteiger partial charge on any atom is -0.464 e. The Morgan fingerprint density at radius 2 is 1.71 bits per heavy atom. The first kappa shape index (κ1) is 26.2. The van der Waals surface area contributed by atoms with Crippen LogP contribution >= 0.6 is 8.25 Å². The molecule has 3 rings (SSSR count). The molecule has 182 valence electrons. The molecular weight excluding hydrogens is 459 g/mol. The lowest BCUT2D eigenvalue weighted by Gasteiger charge is -2.13. The van der Waals surface area contributed by atoms with E-state index in [1.807, 2.05) is 30.3 Å². The van der Waals surface area contributed by atoms with E-state index in [2.05, 4.69) is 9.84 Å². The summed E-state index contributed by atoms with van der Waals surface area (Å²) >= 11 is 0. The van der Waals surface area contributed by atoms with Crippen molar-refractivity contribution in [1.29, 1.82) is 0 Å². The SMILES string of the molecule is O=[P+](O)OCCCNCc1cc(-c2ccco2)c(CCCCCCc2ccc(F)cc2)cc1F. The fourth-order valence-electron chi connectivity index (χ4n) is 3.87. The van der Waals surface area contributed by atoms with E-state index in [9.17, 15) is 13.3 Å². The number of hydrogen-bond acceptors (Lipinski definition) is 4. The van der Waals surface area contributed by atoms with Crippen LogP contribution in [0.2, 0.25) is 0 Å². The van der Waals surface area contributed by atoms with Crippen LogP contribution in [-0.2, 0) is 28.5 Å². The highest BCUT2D eigenvalue weighted by atomic mass is 31.1. The van der Waals surface area contributed by atoms with Crippen molar-refractivity contribution in [1.82, 2.24) is 5.32 Å². The number of hydrogen-bond donors (Lipinski definition) is 2. The van der Waals surface area contributed by atoms with Gasteiger partial charge in [0.05, 0.1) is 6.26 Å². The van der Waals surface area contributed by atoms with E-state index in [1.165, 1.54) is 12.1 Å². The van der Waals surface area contributed by atoms with Crippen molar-refractivity contribution in [2.24, 2.45) is 0 Å². The highest BCUT2D eigenvalue weighted by molar-refractivity contribution is 7.32. The van der Waals surface area contributed by atoms with Crippen LogP contribution in [0.25, 0.3) is 11.3 Å². The lowest BCUT2D eigenvalue weighted by molar-refractivity contribution is 0.276. The second-order valence-electron chi connectivity index (χ2n) is 8.22. The van der Waals surface area contributed by atoms with E-state index in [0.29, 0.717) is 30.8 Å². The molecule has 1 heterocycles. The van der Waals surface area contributed by atoms with Crippen LogP contribution in [0, 0.1) is 11.6 Å². The molecule has 0 spiro atoms. The summed E-state index contributed by atoms with van der Waals surface area (Å²) in [5.74, 6) is 0.244. The van der Waals surface area contributed by atoms with Crippen LogP contribution < -0.4 is 5.32 Å². The molecule has 8 heteroatoms. The molecule has 0 radical (unpaired) electrons. The molecule has 2 N–H and O–H groups in total. The summed E-state index contributed by atoms with van der Waals surface area (Å²) in [6.07, 6.45) is 7.93. The number of aryl methyl sites for hydroxylation is 2. The Balaban J connectivity index is 1.50. The standard InChI is InChI=1S/C26H30F2NO4P/c27-23-12-10-20(11-13-23)7-3-1-2-4-8-21-18-25(28)22(17-24(21)26-9-5-15-32-26)19-29-14-6-16-33-34(30)31/h5,9-13,15,17-18,29H,1-4,6-8,14,16,19H2/p+1. The van der Waals surface area contributed by atoms with Crippen LogP contribution in [0.15, 0.2) is 59.2 Å². The van der Waals surface area contributed by atoms with Gasteiger partial charge in [0.25, 0.3) is 0 Å². The molecule has 0 aliphatic carbocycles. The Morgan fingerprint density at radius 3 is 2.41 bits per heavy atom. The van der Waals surface area contributed by atoms with Gasteiger partial charge in [-0.15, -0.1) is 9.42 Å². The van der Waals surface area contributed by atoms with Gasteiger partial charge in [-0.05, 0) is 86.2 Å². The van der Waals surface area contributed by atoms with Gasteiger partial charge in [0.1, 0.15) is 24.0 Å². The Labute approximate surface area is 200 Å². The molecular formula is C26H31F2NO4P+. The van der Waals surface area contributed by atoms with E-state index < -0.39 is 8.25 Å². The molecule has 5 nitrogen and oxygen atoms in total. The number of nitrogens with one attached hydrogen (secondary N) is 1. The first-order chi connectivity index (χ1) is 16.5. The topological polar surface area (TPSA) is 71.7 Å². The largest absolute Gasteiger partial charge is 0.694 e. The first-order valence-electron chi connectivity index (χ1n) is 11.6. The predicted octanol–water partition coefficient (Wildman–Crippen LogP) is 6.72. The molecule has 0 saturated heterocycles. The summed E-state index contributed by atoms with van der Waals surface area (Å²) in [7, 11) is -2.58. The minimum atomic E-state index is -2.58. The zero-order valence-electron chi connectivity index (χ0n) is 19.1. The third-order valence-corrected chi connectivity index (χ3v) is 6.05. The van der Waals surface area contributed by atoms with Gasteiger partial charge in [0, 0.05) is 22.2 Å². The number of benzene rings is 2. The van der Waals surface area contributed by atoms with Crippen LogP contribution in [0.1, 0.15) is 48.8 Å². The van der Waals surface area contributed by atoms with Crippen molar-refractivity contribution in [3.63, 3.8) is 0 Å². The molecule has 0 bridgehead atoms. The number of unbranched alkanes of at least 4 members (excludes halogenated alkanes) is 3. The molecule has 2 aromatic carbocycles. The lowest BCUT2D eigenvalue weighted by atomic mass is 9.96. The molecule has 0 fully saturated rings. The van der Waals surface area contributed by atoms with Crippen molar-refractivity contribution in [2.45, 2.75) is 51.5 Å². The summed E-state index contributed by atoms with van der Waals surface area (Å²) < 4.78 is 48.5. The highest BCUT2D eigenvalue weighted by Gasteiger charge is 2.14. The second-order valence-corrected chi connectivity index (χ2v) is 8.95. The summed E-state index contributed by atoms with van der Waals surface area (Å²) in [5, 5.41) is 3.14. The van der Waals surface area contributed by atoms with Crippen LogP contribution in [0.3, 0.4) is 0 Å². The van der Waals surface area contributed by atoms with Gasteiger partial charge in [-0.2, -0.15) is 0 Å². The number of rotatable bonds is 15. The van der Waals surface area contributed by atoms with Crippen LogP contribution in [0.5, 0.6) is 0 Å². The Kier molecular flexibility index (Phi) is 10.8. The molecule has 0 aliphatic rings. The Morgan fingerprint density at radius 1 is 0.941 bits per heavy atom. The lowest BCUT2D eigenvalue weighted by Crippen LogP contribution is -2.17. The van der Waals surface area contributed by atoms with E-state index in [4.69, 9.17) is 9.31 Å². The van der Waals surface area contributed by atoms with Crippen LogP contribution in [0.4, 0.5) is 8.78 Å². The zero-order chi connectivity index (χ0) is 24.2. The van der Waals surface area contributed by atoms with Gasteiger partial charge in [-0.3, -0.25) is 0 Å². The smallest absolute Gasteiger partial charge is 0.464 e. The minimum absolute atomic E-state index is 0.168. The summed E-state index contributed by atoms with van der Waals surface area (Å²) in [6.45, 7) is 1.05. The Hall–Kier alpha value is -2.44. The van der Waals surface area contributed by atoms with Gasteiger partial charge in [0.2, 0.25) is 0 Å². The van der Waals surface area contributed by atoms with Gasteiger partial charge < -0.3 is 9.73 Å². The van der Waals surface area contributed by atoms with Gasteiger partial charge in [-0.25, -0.2) is 8.78 Å². The summed E-state index contributed by atoms with van der Waals surface area (Å²) in [6, 6.07) is 13.8. The van der Waals surface area contributed by atoms with Gasteiger partial charge in [0.15, 0.2) is 0 Å². The predicted molar refractivity (Wildman–Crippen MR) is 128 cm³/mol. The first-order valence-corrected chi connectivity index (χ1v) is 12.8. The van der Waals surface area contributed by atoms with E-state index >= 15 is 0 Å². The maximum absolute atomic E-state index is 14.8. The average Bonchev–Trinajstić information content (AvgIpc) is 3.35. The number of halogens is 2. The zero-order valence-corrected chi connectivity index (χ0v) is 20.0. The maximum atomic E-state index is 14.8. The molecule has 34 heavy (non-hydrogen) atoms.